The van der Waals surface area contributed by atoms with E-state index < -0.39 is 42.2 Å². The molecule has 2 aliphatic carbocycles. The third-order valence-electron chi connectivity index (χ3n) is 6.69. The maximum absolute atomic E-state index is 12.8. The lowest BCUT2D eigenvalue weighted by Gasteiger charge is -2.23. The summed E-state index contributed by atoms with van der Waals surface area (Å²) in [4.78, 5) is 63.5. The lowest BCUT2D eigenvalue weighted by atomic mass is 9.85. The summed E-state index contributed by atoms with van der Waals surface area (Å²) in [6.07, 6.45) is 6.11. The third-order valence-corrected chi connectivity index (χ3v) is 6.69. The Bertz CT molecular complexity index is 1170. The van der Waals surface area contributed by atoms with E-state index >= 15 is 0 Å². The first-order valence-corrected chi connectivity index (χ1v) is 11.0. The van der Waals surface area contributed by atoms with Crippen LogP contribution >= 0.6 is 0 Å². The number of ketones is 1. The standard InChI is InChI=1S/C25H21NO8/c1-13(26-22(28)20-15-4-5-16(11-15)21(20)23(26)29)24(30)33-12-18(27)14-6-8-17(9-7-14)34-25(31)19-3-2-10-32-19/h2-10,13,15-16,20-21H,11-12H2,1H3. The Kier molecular flexibility index (Phi) is 5.39. The number of ether oxygens (including phenoxy) is 2. The molecule has 2 heterocycles. The number of likely N-dealkylation sites (tertiary alicyclic amines) is 1. The highest BCUT2D eigenvalue weighted by atomic mass is 16.5. The van der Waals surface area contributed by atoms with Crippen LogP contribution in [0.2, 0.25) is 0 Å². The van der Waals surface area contributed by atoms with Crippen molar-refractivity contribution >= 4 is 29.5 Å². The largest absolute Gasteiger partial charge is 0.457 e. The summed E-state index contributed by atoms with van der Waals surface area (Å²) in [5.74, 6) is -3.13. The third kappa shape index (κ3) is 3.63. The Hall–Kier alpha value is -4.01. The van der Waals surface area contributed by atoms with Gasteiger partial charge < -0.3 is 13.9 Å². The first-order chi connectivity index (χ1) is 16.3. The Balaban J connectivity index is 1.15. The number of nitrogens with zero attached hydrogens (tertiary/aromatic N) is 1. The van der Waals surface area contributed by atoms with Gasteiger partial charge in [0.25, 0.3) is 0 Å². The fourth-order valence-corrected chi connectivity index (χ4v) is 5.01. The molecule has 9 nitrogen and oxygen atoms in total. The molecule has 5 atom stereocenters. The van der Waals surface area contributed by atoms with E-state index in [-0.39, 0.29) is 40.7 Å². The molecule has 5 rings (SSSR count). The molecule has 2 bridgehead atoms. The highest BCUT2D eigenvalue weighted by Gasteiger charge is 2.60. The van der Waals surface area contributed by atoms with Crippen LogP contribution < -0.4 is 4.74 Å². The average molecular weight is 463 g/mol. The first kappa shape index (κ1) is 21.8. The van der Waals surface area contributed by atoms with Gasteiger partial charge in [-0.15, -0.1) is 0 Å². The van der Waals surface area contributed by atoms with Crippen LogP contribution in [0.5, 0.6) is 5.75 Å². The van der Waals surface area contributed by atoms with Gasteiger partial charge in [-0.3, -0.25) is 19.3 Å². The zero-order chi connectivity index (χ0) is 24.0. The van der Waals surface area contributed by atoms with Gasteiger partial charge in [-0.1, -0.05) is 12.2 Å². The van der Waals surface area contributed by atoms with Gasteiger partial charge in [0.2, 0.25) is 17.6 Å². The van der Waals surface area contributed by atoms with Crippen LogP contribution in [0.4, 0.5) is 0 Å². The number of furan rings is 1. The lowest BCUT2D eigenvalue weighted by molar-refractivity contribution is -0.157. The van der Waals surface area contributed by atoms with Crippen molar-refractivity contribution < 1.29 is 37.9 Å². The number of allylic oxidation sites excluding steroid dienone is 2. The van der Waals surface area contributed by atoms with Crippen LogP contribution in [0.15, 0.2) is 59.2 Å². The number of carbonyl (C=O) groups is 5. The summed E-state index contributed by atoms with van der Waals surface area (Å²) in [5, 5.41) is 0. The number of rotatable bonds is 7. The van der Waals surface area contributed by atoms with Crippen LogP contribution in [-0.4, -0.2) is 47.1 Å². The number of Topliss-reactive ketones (excluding diaryl/α,β-unsaturated/α-hetero) is 1. The zero-order valence-corrected chi connectivity index (χ0v) is 18.2. The molecule has 2 aromatic rings. The van der Waals surface area contributed by atoms with E-state index in [1.165, 1.54) is 43.5 Å². The summed E-state index contributed by atoms with van der Waals surface area (Å²) in [5.41, 5.74) is 0.240. The predicted molar refractivity (Wildman–Crippen MR) is 114 cm³/mol. The molecule has 5 unspecified atom stereocenters. The maximum atomic E-state index is 12.8. The molecule has 1 aromatic carbocycles. The number of carbonyl (C=O) groups excluding carboxylic acids is 5. The maximum Gasteiger partial charge on any atom is 0.379 e. The van der Waals surface area contributed by atoms with Crippen molar-refractivity contribution in [2.75, 3.05) is 6.61 Å². The van der Waals surface area contributed by atoms with Gasteiger partial charge >= 0.3 is 11.9 Å². The number of benzene rings is 1. The van der Waals surface area contributed by atoms with Crippen molar-refractivity contribution in [3.8, 4) is 5.75 Å². The van der Waals surface area contributed by atoms with Gasteiger partial charge in [-0.25, -0.2) is 9.59 Å². The topological polar surface area (TPSA) is 120 Å². The van der Waals surface area contributed by atoms with Crippen LogP contribution in [0.25, 0.3) is 0 Å². The minimum atomic E-state index is -1.11. The van der Waals surface area contributed by atoms with Gasteiger partial charge in [0.05, 0.1) is 18.1 Å². The van der Waals surface area contributed by atoms with Crippen LogP contribution in [-0.2, 0) is 19.1 Å². The van der Waals surface area contributed by atoms with E-state index in [1.54, 1.807) is 6.07 Å². The molecule has 1 aliphatic heterocycles. The highest BCUT2D eigenvalue weighted by Crippen LogP contribution is 2.52. The second-order valence-electron chi connectivity index (χ2n) is 8.64. The van der Waals surface area contributed by atoms with E-state index in [9.17, 15) is 24.0 Å². The fourth-order valence-electron chi connectivity index (χ4n) is 5.01. The number of amides is 2. The molecule has 2 fully saturated rings. The smallest absolute Gasteiger partial charge is 0.379 e. The van der Waals surface area contributed by atoms with Gasteiger partial charge in [-0.05, 0) is 61.6 Å². The van der Waals surface area contributed by atoms with Crippen molar-refractivity contribution in [1.82, 2.24) is 4.90 Å². The molecular formula is C25H21NO8. The average Bonchev–Trinajstić information content (AvgIpc) is 3.62. The van der Waals surface area contributed by atoms with Crippen molar-refractivity contribution in [1.29, 1.82) is 0 Å². The van der Waals surface area contributed by atoms with Crippen LogP contribution in [0, 0.1) is 23.7 Å². The predicted octanol–water partition coefficient (Wildman–Crippen LogP) is 2.42. The molecular weight excluding hydrogens is 442 g/mol. The van der Waals surface area contributed by atoms with Gasteiger partial charge in [-0.2, -0.15) is 0 Å². The number of hydrogen-bond acceptors (Lipinski definition) is 8. The van der Waals surface area contributed by atoms with Crippen LogP contribution in [0.1, 0.15) is 34.3 Å². The van der Waals surface area contributed by atoms with Crippen LogP contribution in [0.3, 0.4) is 0 Å². The quantitative estimate of drug-likeness (QED) is 0.202. The lowest BCUT2D eigenvalue weighted by Crippen LogP contribution is -2.45. The SMILES string of the molecule is CC(C(=O)OCC(=O)c1ccc(OC(=O)c2ccco2)cc1)N1C(=O)C2C3C=CC(C3)C2C1=O. The first-order valence-electron chi connectivity index (χ1n) is 11.0. The second-order valence-corrected chi connectivity index (χ2v) is 8.64. The molecule has 174 valence electrons. The summed E-state index contributed by atoms with van der Waals surface area (Å²) in [6, 6.07) is 7.64. The normalized spacial score (nSPS) is 25.4. The fraction of sp³-hybridized carbons (Fsp3) is 0.320. The Labute approximate surface area is 194 Å². The summed E-state index contributed by atoms with van der Waals surface area (Å²) >= 11 is 0. The van der Waals surface area contributed by atoms with Crippen molar-refractivity contribution in [2.45, 2.75) is 19.4 Å². The molecule has 0 radical (unpaired) electrons. The minimum absolute atomic E-state index is 0.0441. The Morgan fingerprint density at radius 2 is 1.68 bits per heavy atom. The molecule has 34 heavy (non-hydrogen) atoms. The molecule has 3 aliphatic rings. The molecule has 0 spiro atoms. The van der Waals surface area contributed by atoms with E-state index in [1.807, 2.05) is 12.2 Å². The minimum Gasteiger partial charge on any atom is -0.457 e. The summed E-state index contributed by atoms with van der Waals surface area (Å²) < 4.78 is 15.2. The summed E-state index contributed by atoms with van der Waals surface area (Å²) in [7, 11) is 0. The molecule has 0 N–H and O–H groups in total. The zero-order valence-electron chi connectivity index (χ0n) is 18.2. The molecule has 1 aromatic heterocycles. The molecule has 1 saturated heterocycles. The number of fused-ring (bicyclic) bond motifs is 5. The molecule has 2 amide bonds. The highest BCUT2D eigenvalue weighted by molar-refractivity contribution is 6.09. The van der Waals surface area contributed by atoms with Gasteiger partial charge in [0.15, 0.2) is 12.4 Å². The van der Waals surface area contributed by atoms with E-state index in [0.29, 0.717) is 0 Å². The number of hydrogen-bond donors (Lipinski definition) is 0. The van der Waals surface area contributed by atoms with E-state index in [0.717, 1.165) is 11.3 Å². The summed E-state index contributed by atoms with van der Waals surface area (Å²) in [6.45, 7) is 0.881. The van der Waals surface area contributed by atoms with Gasteiger partial charge in [0.1, 0.15) is 11.8 Å². The Morgan fingerprint density at radius 1 is 1.03 bits per heavy atom. The van der Waals surface area contributed by atoms with Crippen molar-refractivity contribution in [3.05, 3.63) is 66.1 Å². The van der Waals surface area contributed by atoms with Crippen molar-refractivity contribution in [2.24, 2.45) is 23.7 Å². The Morgan fingerprint density at radius 3 is 2.26 bits per heavy atom. The van der Waals surface area contributed by atoms with Crippen molar-refractivity contribution in [3.63, 3.8) is 0 Å². The van der Waals surface area contributed by atoms with E-state index in [2.05, 4.69) is 0 Å². The van der Waals surface area contributed by atoms with E-state index in [4.69, 9.17) is 13.9 Å². The second kappa shape index (κ2) is 8.40. The van der Waals surface area contributed by atoms with Gasteiger partial charge in [0, 0.05) is 5.56 Å². The number of esters is 2. The molecule has 1 saturated carbocycles. The molecule has 9 heteroatoms. The number of imide groups is 1. The monoisotopic (exact) mass is 463 g/mol.